The van der Waals surface area contributed by atoms with Crippen molar-refractivity contribution in [2.75, 3.05) is 11.9 Å². The van der Waals surface area contributed by atoms with Gasteiger partial charge in [0, 0.05) is 5.69 Å². The average molecular weight is 385 g/mol. The van der Waals surface area contributed by atoms with Crippen LogP contribution >= 0.6 is 0 Å². The highest BCUT2D eigenvalue weighted by molar-refractivity contribution is 6.04. The van der Waals surface area contributed by atoms with Gasteiger partial charge >= 0.3 is 0 Å². The van der Waals surface area contributed by atoms with Gasteiger partial charge in [-0.3, -0.25) is 9.59 Å². The third-order valence-corrected chi connectivity index (χ3v) is 4.43. The molecule has 6 heteroatoms. The van der Waals surface area contributed by atoms with Gasteiger partial charge in [0.2, 0.25) is 5.43 Å². The zero-order chi connectivity index (χ0) is 20.2. The summed E-state index contributed by atoms with van der Waals surface area (Å²) in [5.74, 6) is 0.148. The lowest BCUT2D eigenvalue weighted by Gasteiger charge is -2.12. The number of ether oxygens (including phenoxy) is 1. The molecule has 0 aliphatic rings. The van der Waals surface area contributed by atoms with Crippen LogP contribution in [0, 0.1) is 0 Å². The molecule has 0 aliphatic carbocycles. The van der Waals surface area contributed by atoms with Crippen LogP contribution in [-0.4, -0.2) is 22.3 Å². The normalized spacial score (nSPS) is 10.7. The molecule has 0 unspecified atom stereocenters. The lowest BCUT2D eigenvalue weighted by atomic mass is 10.2. The van der Waals surface area contributed by atoms with E-state index in [-0.39, 0.29) is 5.69 Å². The molecule has 0 atom stereocenters. The highest BCUT2D eigenvalue weighted by Crippen LogP contribution is 2.18. The van der Waals surface area contributed by atoms with E-state index < -0.39 is 11.3 Å². The average Bonchev–Trinajstić information content (AvgIpc) is 2.76. The van der Waals surface area contributed by atoms with Gasteiger partial charge in [-0.25, -0.2) is 4.68 Å². The second-order valence-corrected chi connectivity index (χ2v) is 6.35. The van der Waals surface area contributed by atoms with E-state index in [1.807, 2.05) is 49.4 Å². The van der Waals surface area contributed by atoms with Crippen molar-refractivity contribution in [2.24, 2.45) is 0 Å². The predicted octanol–water partition coefficient (Wildman–Crippen LogP) is 4.04. The minimum absolute atomic E-state index is 0.165. The highest BCUT2D eigenvalue weighted by Gasteiger charge is 2.18. The third kappa shape index (κ3) is 3.73. The first-order chi connectivity index (χ1) is 14.2. The van der Waals surface area contributed by atoms with Crippen molar-refractivity contribution < 1.29 is 9.53 Å². The van der Waals surface area contributed by atoms with Gasteiger partial charge in [-0.15, -0.1) is 0 Å². The Balaban J connectivity index is 1.76. The fourth-order valence-corrected chi connectivity index (χ4v) is 3.08. The number of benzene rings is 3. The number of carbonyl (C=O) groups excluding carboxylic acids is 1. The number of nitrogens with one attached hydrogen (secondary N) is 1. The van der Waals surface area contributed by atoms with Crippen LogP contribution in [0.4, 0.5) is 5.69 Å². The summed E-state index contributed by atoms with van der Waals surface area (Å²) in [4.78, 5) is 25.8. The SMILES string of the molecule is CCOc1ccc(NC(=O)c2nn(-c3ccccc3)c3ccccc3c2=O)cc1. The summed E-state index contributed by atoms with van der Waals surface area (Å²) in [5.41, 5.74) is 1.39. The summed E-state index contributed by atoms with van der Waals surface area (Å²) in [7, 11) is 0. The minimum atomic E-state index is -0.561. The lowest BCUT2D eigenvalue weighted by molar-refractivity contribution is 0.102. The Kier molecular flexibility index (Phi) is 5.07. The number of hydrogen-bond donors (Lipinski definition) is 1. The van der Waals surface area contributed by atoms with E-state index >= 15 is 0 Å². The molecule has 4 aromatic rings. The smallest absolute Gasteiger partial charge is 0.280 e. The van der Waals surface area contributed by atoms with Crippen molar-refractivity contribution in [1.29, 1.82) is 0 Å². The molecule has 3 aromatic carbocycles. The lowest BCUT2D eigenvalue weighted by Crippen LogP contribution is -2.26. The Morgan fingerprint density at radius 3 is 2.38 bits per heavy atom. The molecule has 4 rings (SSSR count). The van der Waals surface area contributed by atoms with Crippen molar-refractivity contribution in [3.05, 3.63) is 94.8 Å². The van der Waals surface area contributed by atoms with Crippen LogP contribution in [0.25, 0.3) is 16.6 Å². The van der Waals surface area contributed by atoms with Crippen LogP contribution in [0.15, 0.2) is 83.7 Å². The molecule has 0 saturated heterocycles. The molecule has 1 aromatic heterocycles. The molecule has 6 nitrogen and oxygen atoms in total. The minimum Gasteiger partial charge on any atom is -0.494 e. The van der Waals surface area contributed by atoms with Crippen molar-refractivity contribution in [3.63, 3.8) is 0 Å². The number of carbonyl (C=O) groups is 1. The van der Waals surface area contributed by atoms with E-state index in [0.717, 1.165) is 5.69 Å². The van der Waals surface area contributed by atoms with Crippen LogP contribution in [0.5, 0.6) is 5.75 Å². The maximum atomic E-state index is 12.9. The number of para-hydroxylation sites is 2. The van der Waals surface area contributed by atoms with Crippen LogP contribution < -0.4 is 15.5 Å². The van der Waals surface area contributed by atoms with Gasteiger partial charge in [0.25, 0.3) is 5.91 Å². The van der Waals surface area contributed by atoms with Gasteiger partial charge < -0.3 is 10.1 Å². The molecule has 1 N–H and O–H groups in total. The summed E-state index contributed by atoms with van der Waals surface area (Å²) < 4.78 is 7.02. The zero-order valence-electron chi connectivity index (χ0n) is 15.8. The van der Waals surface area contributed by atoms with Crippen LogP contribution in [0.3, 0.4) is 0 Å². The molecular weight excluding hydrogens is 366 g/mol. The number of fused-ring (bicyclic) bond motifs is 1. The Bertz CT molecular complexity index is 1220. The van der Waals surface area contributed by atoms with Crippen LogP contribution in [0.1, 0.15) is 17.4 Å². The van der Waals surface area contributed by atoms with Crippen molar-refractivity contribution >= 4 is 22.5 Å². The summed E-state index contributed by atoms with van der Waals surface area (Å²) in [6.45, 7) is 2.46. The second-order valence-electron chi connectivity index (χ2n) is 6.35. The number of anilines is 1. The molecule has 0 aliphatic heterocycles. The fraction of sp³-hybridized carbons (Fsp3) is 0.0870. The highest BCUT2D eigenvalue weighted by atomic mass is 16.5. The van der Waals surface area contributed by atoms with Gasteiger partial charge in [-0.1, -0.05) is 30.3 Å². The van der Waals surface area contributed by atoms with Gasteiger partial charge in [-0.05, 0) is 55.5 Å². The first-order valence-corrected chi connectivity index (χ1v) is 9.29. The fourth-order valence-electron chi connectivity index (χ4n) is 3.08. The molecule has 144 valence electrons. The van der Waals surface area contributed by atoms with Crippen molar-refractivity contribution in [2.45, 2.75) is 6.92 Å². The van der Waals surface area contributed by atoms with Gasteiger partial charge in [0.15, 0.2) is 5.69 Å². The molecular formula is C23H19N3O3. The molecule has 29 heavy (non-hydrogen) atoms. The summed E-state index contributed by atoms with van der Waals surface area (Å²) in [5, 5.41) is 7.56. The van der Waals surface area contributed by atoms with Crippen LogP contribution in [-0.2, 0) is 0 Å². The molecule has 0 radical (unpaired) electrons. The second kappa shape index (κ2) is 7.98. The van der Waals surface area contributed by atoms with Gasteiger partial charge in [0.05, 0.1) is 23.2 Å². The maximum absolute atomic E-state index is 12.9. The van der Waals surface area contributed by atoms with Crippen molar-refractivity contribution in [3.8, 4) is 11.4 Å². The standard InChI is InChI=1S/C23H19N3O3/c1-2-29-18-14-12-16(13-15-18)24-23(28)21-22(27)19-10-6-7-11-20(19)26(25-21)17-8-4-3-5-9-17/h3-15H,2H2,1H3,(H,24,28). The topological polar surface area (TPSA) is 73.2 Å². The van der Waals surface area contributed by atoms with E-state index in [4.69, 9.17) is 4.74 Å². The Labute approximate surface area is 167 Å². The molecule has 0 bridgehead atoms. The molecule has 0 saturated carbocycles. The monoisotopic (exact) mass is 385 g/mol. The van der Waals surface area contributed by atoms with E-state index in [2.05, 4.69) is 10.4 Å². The van der Waals surface area contributed by atoms with Gasteiger partial charge in [0.1, 0.15) is 5.75 Å². The van der Waals surface area contributed by atoms with E-state index in [1.165, 1.54) is 0 Å². The first-order valence-electron chi connectivity index (χ1n) is 9.29. The van der Waals surface area contributed by atoms with E-state index in [1.54, 1.807) is 41.1 Å². The zero-order valence-corrected chi connectivity index (χ0v) is 15.8. The number of rotatable bonds is 5. The van der Waals surface area contributed by atoms with E-state index in [9.17, 15) is 9.59 Å². The number of hydrogen-bond acceptors (Lipinski definition) is 4. The summed E-state index contributed by atoms with van der Waals surface area (Å²) >= 11 is 0. The number of nitrogens with zero attached hydrogens (tertiary/aromatic N) is 2. The maximum Gasteiger partial charge on any atom is 0.280 e. The van der Waals surface area contributed by atoms with Crippen LogP contribution in [0.2, 0.25) is 0 Å². The third-order valence-electron chi connectivity index (χ3n) is 4.43. The quantitative estimate of drug-likeness (QED) is 0.563. The molecule has 1 heterocycles. The summed E-state index contributed by atoms with van der Waals surface area (Å²) in [6.07, 6.45) is 0. The van der Waals surface area contributed by atoms with Crippen molar-refractivity contribution in [1.82, 2.24) is 9.78 Å². The molecule has 0 spiro atoms. The Morgan fingerprint density at radius 1 is 0.966 bits per heavy atom. The number of amides is 1. The van der Waals surface area contributed by atoms with E-state index in [0.29, 0.717) is 28.9 Å². The Morgan fingerprint density at radius 2 is 1.66 bits per heavy atom. The van der Waals surface area contributed by atoms with Gasteiger partial charge in [-0.2, -0.15) is 5.10 Å². The molecule has 1 amide bonds. The predicted molar refractivity (Wildman–Crippen MR) is 113 cm³/mol. The first kappa shape index (κ1) is 18.4. The number of aromatic nitrogens is 2. The summed E-state index contributed by atoms with van der Waals surface area (Å²) in [6, 6.07) is 23.5. The largest absolute Gasteiger partial charge is 0.494 e. The Hall–Kier alpha value is -3.93. The molecule has 0 fully saturated rings.